The number of hydrogen-bond donors (Lipinski definition) is 0. The molecule has 8 heteroatoms. The number of carbonyl (C=O) groups is 1. The van der Waals surface area contributed by atoms with Crippen LogP contribution in [0.4, 0.5) is 0 Å². The lowest BCUT2D eigenvalue weighted by molar-refractivity contribution is -0.0963. The molecule has 0 unspecified atom stereocenters. The van der Waals surface area contributed by atoms with Gasteiger partial charge < -0.3 is 14.4 Å². The number of likely N-dealkylation sites (tertiary alicyclic amines) is 1. The van der Waals surface area contributed by atoms with Crippen LogP contribution in [-0.4, -0.2) is 77.7 Å². The number of carbonyl (C=O) groups excluding carboxylic acids is 1. The van der Waals surface area contributed by atoms with Crippen molar-refractivity contribution in [3.05, 3.63) is 23.0 Å². The van der Waals surface area contributed by atoms with Gasteiger partial charge in [0.25, 0.3) is 5.91 Å². The van der Waals surface area contributed by atoms with E-state index in [4.69, 9.17) is 9.47 Å². The quantitative estimate of drug-likeness (QED) is 0.795. The van der Waals surface area contributed by atoms with Gasteiger partial charge in [-0.15, -0.1) is 11.3 Å². The highest BCUT2D eigenvalue weighted by molar-refractivity contribution is 7.15. The van der Waals surface area contributed by atoms with Crippen LogP contribution in [-0.2, 0) is 16.0 Å². The van der Waals surface area contributed by atoms with E-state index in [-0.39, 0.29) is 12.0 Å². The highest BCUT2D eigenvalue weighted by Crippen LogP contribution is 2.22. The first-order valence-electron chi connectivity index (χ1n) is 9.34. The van der Waals surface area contributed by atoms with E-state index in [9.17, 15) is 4.79 Å². The van der Waals surface area contributed by atoms with Crippen molar-refractivity contribution in [3.63, 3.8) is 0 Å². The van der Waals surface area contributed by atoms with Gasteiger partial charge in [-0.2, -0.15) is 0 Å². The van der Waals surface area contributed by atoms with Gasteiger partial charge in [0, 0.05) is 37.8 Å². The Balaban J connectivity index is 1.52. The van der Waals surface area contributed by atoms with Crippen LogP contribution in [0.5, 0.6) is 0 Å². The van der Waals surface area contributed by atoms with Crippen LogP contribution in [0.15, 0.2) is 11.6 Å². The van der Waals surface area contributed by atoms with Crippen LogP contribution in [0.1, 0.15) is 35.4 Å². The predicted octanol–water partition coefficient (Wildman–Crippen LogP) is 1.87. The summed E-state index contributed by atoms with van der Waals surface area (Å²) in [6.07, 6.45) is 5.47. The Bertz CT molecular complexity index is 747. The lowest BCUT2D eigenvalue weighted by Crippen LogP contribution is -2.39. The molecule has 2 aliphatic rings. The Morgan fingerprint density at radius 1 is 1.35 bits per heavy atom. The van der Waals surface area contributed by atoms with Crippen LogP contribution in [0.3, 0.4) is 0 Å². The molecule has 7 nitrogen and oxygen atoms in total. The number of aromatic nitrogens is 2. The second kappa shape index (κ2) is 8.04. The number of imidazole rings is 1. The second-order valence-electron chi connectivity index (χ2n) is 7.08. The number of hydrogen-bond acceptors (Lipinski definition) is 6. The van der Waals surface area contributed by atoms with Crippen molar-refractivity contribution in [2.24, 2.45) is 0 Å². The lowest BCUT2D eigenvalue weighted by Gasteiger charge is -2.28. The summed E-state index contributed by atoms with van der Waals surface area (Å²) >= 11 is 1.57. The van der Waals surface area contributed by atoms with Gasteiger partial charge in [-0.3, -0.25) is 14.1 Å². The fraction of sp³-hybridized carbons (Fsp3) is 0.667. The molecule has 1 amide bonds. The summed E-state index contributed by atoms with van der Waals surface area (Å²) < 4.78 is 13.3. The van der Waals surface area contributed by atoms with E-state index in [1.807, 2.05) is 16.5 Å². The third-order valence-corrected chi connectivity index (χ3v) is 5.78. The number of likely N-dealkylation sites (N-methyl/N-ethyl adjacent to an activating group) is 1. The van der Waals surface area contributed by atoms with Gasteiger partial charge in [-0.25, -0.2) is 4.98 Å². The van der Waals surface area contributed by atoms with Crippen LogP contribution < -0.4 is 0 Å². The maximum atomic E-state index is 13.1. The molecule has 2 aromatic heterocycles. The zero-order valence-corrected chi connectivity index (χ0v) is 16.0. The molecule has 0 radical (unpaired) electrons. The van der Waals surface area contributed by atoms with Crippen molar-refractivity contribution >= 4 is 22.2 Å². The van der Waals surface area contributed by atoms with Gasteiger partial charge >= 0.3 is 0 Å². The summed E-state index contributed by atoms with van der Waals surface area (Å²) in [6, 6.07) is 0. The first-order valence-corrected chi connectivity index (χ1v) is 10.2. The average molecular weight is 378 g/mol. The van der Waals surface area contributed by atoms with E-state index in [0.717, 1.165) is 43.1 Å². The third kappa shape index (κ3) is 3.78. The molecule has 0 spiro atoms. The molecule has 0 aromatic carbocycles. The van der Waals surface area contributed by atoms with Crippen molar-refractivity contribution in [2.75, 3.05) is 46.5 Å². The van der Waals surface area contributed by atoms with Crippen LogP contribution in [0, 0.1) is 0 Å². The van der Waals surface area contributed by atoms with E-state index < -0.39 is 0 Å². The fourth-order valence-corrected chi connectivity index (χ4v) is 4.44. The van der Waals surface area contributed by atoms with Crippen molar-refractivity contribution < 1.29 is 14.3 Å². The van der Waals surface area contributed by atoms with Crippen molar-refractivity contribution in [2.45, 2.75) is 31.9 Å². The number of ether oxygens (including phenoxy) is 2. The van der Waals surface area contributed by atoms with Crippen molar-refractivity contribution in [3.8, 4) is 0 Å². The SMILES string of the molecule is CN(Cc1c(C(=O)N2CCCCC2)nc2sccn12)C[C@@H]1COCCO1. The van der Waals surface area contributed by atoms with Crippen molar-refractivity contribution in [1.29, 1.82) is 0 Å². The largest absolute Gasteiger partial charge is 0.376 e. The molecule has 26 heavy (non-hydrogen) atoms. The molecule has 1 atom stereocenters. The first kappa shape index (κ1) is 17.9. The summed E-state index contributed by atoms with van der Waals surface area (Å²) in [4.78, 5) is 22.7. The highest BCUT2D eigenvalue weighted by atomic mass is 32.1. The number of rotatable bonds is 5. The summed E-state index contributed by atoms with van der Waals surface area (Å²) in [7, 11) is 2.05. The van der Waals surface area contributed by atoms with Gasteiger partial charge in [0.1, 0.15) is 0 Å². The van der Waals surface area contributed by atoms with Gasteiger partial charge in [-0.1, -0.05) is 0 Å². The molecular formula is C18H26N4O3S. The number of amides is 1. The van der Waals surface area contributed by atoms with E-state index in [2.05, 4.69) is 21.3 Å². The molecule has 0 aliphatic carbocycles. The standard InChI is InChI=1S/C18H26N4O3S/c1-20(11-14-13-24-8-9-25-14)12-15-16(19-18-22(15)7-10-26-18)17(23)21-5-3-2-4-6-21/h7,10,14H,2-6,8-9,11-13H2,1H3/t14-/m1/s1. The minimum Gasteiger partial charge on any atom is -0.376 e. The van der Waals surface area contributed by atoms with Gasteiger partial charge in [0.2, 0.25) is 0 Å². The van der Waals surface area contributed by atoms with Crippen LogP contribution >= 0.6 is 11.3 Å². The van der Waals surface area contributed by atoms with Gasteiger partial charge in [-0.05, 0) is 26.3 Å². The van der Waals surface area contributed by atoms with Gasteiger partial charge in [0.15, 0.2) is 10.7 Å². The maximum Gasteiger partial charge on any atom is 0.274 e. The summed E-state index contributed by atoms with van der Waals surface area (Å²) in [5, 5.41) is 2.01. The van der Waals surface area contributed by atoms with E-state index in [0.29, 0.717) is 32.1 Å². The maximum absolute atomic E-state index is 13.1. The topological polar surface area (TPSA) is 59.3 Å². The Morgan fingerprint density at radius 3 is 2.96 bits per heavy atom. The fourth-order valence-electron chi connectivity index (χ4n) is 3.71. The lowest BCUT2D eigenvalue weighted by atomic mass is 10.1. The Hall–Kier alpha value is -1.48. The van der Waals surface area contributed by atoms with Crippen LogP contribution in [0.2, 0.25) is 0 Å². The normalized spacial score (nSPS) is 21.6. The monoisotopic (exact) mass is 378 g/mol. The zero-order chi connectivity index (χ0) is 17.9. The third-order valence-electron chi connectivity index (χ3n) is 5.03. The molecule has 0 N–H and O–H groups in total. The first-order chi connectivity index (χ1) is 12.7. The number of fused-ring (bicyclic) bond motifs is 1. The smallest absolute Gasteiger partial charge is 0.274 e. The van der Waals surface area contributed by atoms with E-state index in [1.165, 1.54) is 6.42 Å². The molecule has 2 fully saturated rings. The molecule has 0 bridgehead atoms. The Labute approximate surface area is 157 Å². The summed E-state index contributed by atoms with van der Waals surface area (Å²) in [5.41, 5.74) is 1.57. The van der Waals surface area contributed by atoms with Crippen LogP contribution in [0.25, 0.3) is 4.96 Å². The Kier molecular flexibility index (Phi) is 5.54. The molecule has 2 aliphatic heterocycles. The van der Waals surface area contributed by atoms with E-state index >= 15 is 0 Å². The molecule has 2 saturated heterocycles. The summed E-state index contributed by atoms with van der Waals surface area (Å²) in [6.45, 7) is 5.07. The van der Waals surface area contributed by atoms with Gasteiger partial charge in [0.05, 0.1) is 31.6 Å². The number of nitrogens with zero attached hydrogens (tertiary/aromatic N) is 4. The molecule has 2 aromatic rings. The number of piperidine rings is 1. The molecule has 4 heterocycles. The van der Waals surface area contributed by atoms with Crippen molar-refractivity contribution in [1.82, 2.24) is 19.2 Å². The zero-order valence-electron chi connectivity index (χ0n) is 15.2. The second-order valence-corrected chi connectivity index (χ2v) is 7.95. The molecular weight excluding hydrogens is 352 g/mol. The number of thiazole rings is 1. The Morgan fingerprint density at radius 2 is 2.19 bits per heavy atom. The average Bonchev–Trinajstić information content (AvgIpc) is 3.25. The molecule has 142 valence electrons. The summed E-state index contributed by atoms with van der Waals surface area (Å²) in [5.74, 6) is 0.0706. The molecule has 0 saturated carbocycles. The highest BCUT2D eigenvalue weighted by Gasteiger charge is 2.26. The predicted molar refractivity (Wildman–Crippen MR) is 99.7 cm³/mol. The minimum atomic E-state index is 0.0706. The minimum absolute atomic E-state index is 0.0706. The van der Waals surface area contributed by atoms with E-state index in [1.54, 1.807) is 11.3 Å². The molecule has 4 rings (SSSR count).